The molecule has 0 saturated heterocycles. The van der Waals surface area contributed by atoms with Gasteiger partial charge in [0.25, 0.3) is 0 Å². The molecule has 1 rings (SSSR count). The van der Waals surface area contributed by atoms with E-state index in [1.807, 2.05) is 0 Å². The first-order chi connectivity index (χ1) is 7.89. The fourth-order valence-corrected chi connectivity index (χ4v) is 1.95. The molecule has 0 radical (unpaired) electrons. The minimum Gasteiger partial charge on any atom is -0.218 e. The van der Waals surface area contributed by atoms with Gasteiger partial charge in [-0.1, -0.05) is 24.6 Å². The Kier molecular flexibility index (Phi) is 3.57. The molecule has 0 saturated carbocycles. The summed E-state index contributed by atoms with van der Waals surface area (Å²) in [5.74, 6) is -0.565. The maximum atomic E-state index is 13.7. The van der Waals surface area contributed by atoms with Gasteiger partial charge >= 0.3 is 18.0 Å². The summed E-state index contributed by atoms with van der Waals surface area (Å²) in [4.78, 5) is 0. The summed E-state index contributed by atoms with van der Waals surface area (Å²) in [6, 6.07) is 0. The summed E-state index contributed by atoms with van der Waals surface area (Å²) in [6.07, 6.45) is -10.4. The maximum absolute atomic E-state index is 13.7. The van der Waals surface area contributed by atoms with Crippen molar-refractivity contribution in [2.24, 2.45) is 5.92 Å². The van der Waals surface area contributed by atoms with Gasteiger partial charge in [0.1, 0.15) is 0 Å². The second kappa shape index (κ2) is 4.28. The minimum absolute atomic E-state index is 0.288. The quantitative estimate of drug-likeness (QED) is 0.607. The van der Waals surface area contributed by atoms with Gasteiger partial charge < -0.3 is 0 Å². The van der Waals surface area contributed by atoms with Crippen molar-refractivity contribution in [3.8, 4) is 0 Å². The molecule has 7 heteroatoms. The Hall–Kier alpha value is -1.01. The summed E-state index contributed by atoms with van der Waals surface area (Å²) in [7, 11) is 0. The summed E-state index contributed by atoms with van der Waals surface area (Å²) in [5, 5.41) is 0. The number of hydrogen-bond donors (Lipinski definition) is 0. The van der Waals surface area contributed by atoms with Crippen molar-refractivity contribution in [2.75, 3.05) is 0 Å². The van der Waals surface area contributed by atoms with Crippen LogP contribution in [-0.4, -0.2) is 18.0 Å². The molecule has 0 spiro atoms. The Bertz CT molecular complexity index is 369. The van der Waals surface area contributed by atoms with E-state index in [-0.39, 0.29) is 5.57 Å². The number of hydrogen-bond acceptors (Lipinski definition) is 0. The van der Waals surface area contributed by atoms with Crippen molar-refractivity contribution >= 4 is 0 Å². The summed E-state index contributed by atoms with van der Waals surface area (Å²) in [6.45, 7) is 2.81. The van der Waals surface area contributed by atoms with Crippen LogP contribution in [0.3, 0.4) is 0 Å². The van der Waals surface area contributed by atoms with Crippen LogP contribution in [0.4, 0.5) is 30.7 Å². The third-order valence-electron chi connectivity index (χ3n) is 2.69. The Labute approximate surface area is 99.2 Å². The zero-order valence-corrected chi connectivity index (χ0v) is 9.58. The van der Waals surface area contributed by atoms with Crippen LogP contribution in [0.15, 0.2) is 23.3 Å². The zero-order valence-electron chi connectivity index (χ0n) is 9.58. The van der Waals surface area contributed by atoms with Crippen molar-refractivity contribution in [1.29, 1.82) is 0 Å². The topological polar surface area (TPSA) is 0 Å². The fraction of sp³-hybridized carbons (Fsp3) is 0.636. The number of alkyl halides is 7. The van der Waals surface area contributed by atoms with Gasteiger partial charge in [0.05, 0.1) is 0 Å². The molecule has 1 atom stereocenters. The average molecular weight is 276 g/mol. The summed E-state index contributed by atoms with van der Waals surface area (Å²) < 4.78 is 88.5. The molecule has 0 bridgehead atoms. The smallest absolute Gasteiger partial charge is 0.218 e. The number of rotatable bonds is 1. The molecule has 1 aliphatic carbocycles. The lowest BCUT2D eigenvalue weighted by atomic mass is 9.84. The average Bonchev–Trinajstić information content (AvgIpc) is 2.11. The summed E-state index contributed by atoms with van der Waals surface area (Å²) >= 11 is 0. The molecule has 1 aliphatic rings. The molecule has 104 valence electrons. The molecule has 0 nitrogen and oxygen atoms in total. The van der Waals surface area contributed by atoms with Gasteiger partial charge in [-0.3, -0.25) is 0 Å². The first kappa shape index (κ1) is 15.0. The highest BCUT2D eigenvalue weighted by molar-refractivity contribution is 5.38. The van der Waals surface area contributed by atoms with Crippen LogP contribution in [-0.2, 0) is 0 Å². The first-order valence-corrected chi connectivity index (χ1v) is 5.11. The predicted octanol–water partition coefficient (Wildman–Crippen LogP) is 4.73. The molecule has 0 aromatic carbocycles. The Balaban J connectivity index is 3.39. The molecular weight excluding hydrogens is 265 g/mol. The van der Waals surface area contributed by atoms with E-state index in [9.17, 15) is 30.7 Å². The highest BCUT2D eigenvalue weighted by atomic mass is 19.4. The number of halogens is 7. The lowest BCUT2D eigenvalue weighted by Crippen LogP contribution is -2.54. The van der Waals surface area contributed by atoms with Crippen LogP contribution in [0.2, 0.25) is 0 Å². The SMILES string of the molecule is CC1=CC(C(F)(C(F)(F)F)C(F)(F)F)=CC(C)C1. The summed E-state index contributed by atoms with van der Waals surface area (Å²) in [5.41, 5.74) is -6.40. The van der Waals surface area contributed by atoms with Crippen LogP contribution in [0.1, 0.15) is 20.3 Å². The molecule has 0 aliphatic heterocycles. The fourth-order valence-electron chi connectivity index (χ4n) is 1.95. The molecule has 0 aromatic heterocycles. The van der Waals surface area contributed by atoms with E-state index in [1.165, 1.54) is 13.8 Å². The van der Waals surface area contributed by atoms with Crippen LogP contribution in [0.5, 0.6) is 0 Å². The van der Waals surface area contributed by atoms with Crippen LogP contribution in [0, 0.1) is 5.92 Å². The van der Waals surface area contributed by atoms with Crippen molar-refractivity contribution in [3.05, 3.63) is 23.3 Å². The monoisotopic (exact) mass is 276 g/mol. The molecule has 0 N–H and O–H groups in total. The Morgan fingerprint density at radius 2 is 1.44 bits per heavy atom. The standard InChI is InChI=1S/C11H11F7/c1-6-3-7(2)5-8(4-6)9(12,10(13,14)15)11(16,17)18/h4-6H,3H2,1-2H3. The van der Waals surface area contributed by atoms with Gasteiger partial charge in [0.15, 0.2) is 0 Å². The second-order valence-corrected chi connectivity index (χ2v) is 4.45. The number of allylic oxidation sites excluding steroid dienone is 4. The molecule has 0 fully saturated rings. The van der Waals surface area contributed by atoms with Crippen LogP contribution >= 0.6 is 0 Å². The van der Waals surface area contributed by atoms with Crippen molar-refractivity contribution in [1.82, 2.24) is 0 Å². The molecule has 0 aromatic rings. The van der Waals surface area contributed by atoms with E-state index < -0.39 is 29.5 Å². The lowest BCUT2D eigenvalue weighted by molar-refractivity contribution is -0.325. The van der Waals surface area contributed by atoms with Crippen molar-refractivity contribution < 1.29 is 30.7 Å². The van der Waals surface area contributed by atoms with Crippen LogP contribution < -0.4 is 0 Å². The van der Waals surface area contributed by atoms with Gasteiger partial charge in [-0.25, -0.2) is 4.39 Å². The van der Waals surface area contributed by atoms with Gasteiger partial charge in [0.2, 0.25) is 0 Å². The van der Waals surface area contributed by atoms with E-state index in [0.717, 1.165) is 0 Å². The largest absolute Gasteiger partial charge is 0.435 e. The third kappa shape index (κ3) is 2.40. The zero-order chi connectivity index (χ0) is 14.4. The van der Waals surface area contributed by atoms with E-state index in [4.69, 9.17) is 0 Å². The third-order valence-corrected chi connectivity index (χ3v) is 2.69. The van der Waals surface area contributed by atoms with E-state index in [2.05, 4.69) is 0 Å². The van der Waals surface area contributed by atoms with E-state index in [0.29, 0.717) is 18.6 Å². The lowest BCUT2D eigenvalue weighted by Gasteiger charge is -2.33. The normalized spacial score (nSPS) is 22.6. The molecule has 0 amide bonds. The predicted molar refractivity (Wildman–Crippen MR) is 51.6 cm³/mol. The Morgan fingerprint density at radius 3 is 1.78 bits per heavy atom. The van der Waals surface area contributed by atoms with Crippen molar-refractivity contribution in [3.63, 3.8) is 0 Å². The second-order valence-electron chi connectivity index (χ2n) is 4.45. The minimum atomic E-state index is -6.04. The van der Waals surface area contributed by atoms with Gasteiger partial charge in [-0.2, -0.15) is 26.3 Å². The van der Waals surface area contributed by atoms with Gasteiger partial charge in [-0.15, -0.1) is 0 Å². The van der Waals surface area contributed by atoms with Crippen molar-refractivity contribution in [2.45, 2.75) is 38.3 Å². The van der Waals surface area contributed by atoms with E-state index >= 15 is 0 Å². The van der Waals surface area contributed by atoms with Gasteiger partial charge in [-0.05, 0) is 19.3 Å². The molecule has 1 unspecified atom stereocenters. The maximum Gasteiger partial charge on any atom is 0.435 e. The molecule has 0 heterocycles. The molecular formula is C11H11F7. The Morgan fingerprint density at radius 1 is 1.00 bits per heavy atom. The highest BCUT2D eigenvalue weighted by Gasteiger charge is 2.74. The van der Waals surface area contributed by atoms with Gasteiger partial charge in [0, 0.05) is 5.57 Å². The molecule has 18 heavy (non-hydrogen) atoms. The highest BCUT2D eigenvalue weighted by Crippen LogP contribution is 2.52. The first-order valence-electron chi connectivity index (χ1n) is 5.11. The van der Waals surface area contributed by atoms with Crippen LogP contribution in [0.25, 0.3) is 0 Å². The van der Waals surface area contributed by atoms with E-state index in [1.54, 1.807) is 0 Å².